The molecule has 0 aromatic heterocycles. The number of carbonyl (C=O) groups excluding carboxylic acids is 3. The van der Waals surface area contributed by atoms with Gasteiger partial charge in [0, 0.05) is 5.41 Å². The number of Topliss-reactive ketones (excluding diaryl/α,β-unsaturated/α-hetero) is 2. The maximum absolute atomic E-state index is 11.7. The summed E-state index contributed by atoms with van der Waals surface area (Å²) in [6.45, 7) is 5.39. The third-order valence-electron chi connectivity index (χ3n) is 2.83. The summed E-state index contributed by atoms with van der Waals surface area (Å²) >= 11 is 0. The van der Waals surface area contributed by atoms with Crippen LogP contribution in [-0.2, 0) is 19.1 Å². The van der Waals surface area contributed by atoms with E-state index >= 15 is 0 Å². The van der Waals surface area contributed by atoms with Gasteiger partial charge < -0.3 is 4.74 Å². The summed E-state index contributed by atoms with van der Waals surface area (Å²) in [5.74, 6) is -2.49. The van der Waals surface area contributed by atoms with Crippen LogP contribution in [0.3, 0.4) is 0 Å². The highest BCUT2D eigenvalue weighted by Crippen LogP contribution is 2.37. The van der Waals surface area contributed by atoms with Gasteiger partial charge in [0.1, 0.15) is 5.78 Å². The van der Waals surface area contributed by atoms with Gasteiger partial charge in [0.2, 0.25) is 5.78 Å². The van der Waals surface area contributed by atoms with Gasteiger partial charge in [-0.05, 0) is 19.8 Å². The molecule has 4 heteroatoms. The lowest BCUT2D eigenvalue weighted by atomic mass is 9.88. The highest BCUT2D eigenvalue weighted by Gasteiger charge is 2.46. The average Bonchev–Trinajstić information content (AvgIpc) is 2.42. The van der Waals surface area contributed by atoms with Crippen molar-refractivity contribution in [2.24, 2.45) is 11.3 Å². The predicted octanol–water partition coefficient (Wildman–Crippen LogP) is 1.12. The number of ketones is 2. The molecular weight excluding hydrogens is 196 g/mol. The van der Waals surface area contributed by atoms with E-state index in [0.29, 0.717) is 12.8 Å². The monoisotopic (exact) mass is 212 g/mol. The van der Waals surface area contributed by atoms with Crippen LogP contribution in [0.5, 0.6) is 0 Å². The fraction of sp³-hybridized carbons (Fsp3) is 0.727. The average molecular weight is 212 g/mol. The van der Waals surface area contributed by atoms with Crippen molar-refractivity contribution in [1.82, 2.24) is 0 Å². The van der Waals surface area contributed by atoms with Gasteiger partial charge in [-0.2, -0.15) is 0 Å². The maximum Gasteiger partial charge on any atom is 0.375 e. The van der Waals surface area contributed by atoms with E-state index in [1.165, 1.54) is 0 Å². The third kappa shape index (κ3) is 2.25. The SMILES string of the molecule is CCOC(=O)C(=O)C1CCC(C)(C)C1=O. The number of ether oxygens (including phenoxy) is 1. The zero-order valence-electron chi connectivity index (χ0n) is 9.33. The molecule has 15 heavy (non-hydrogen) atoms. The number of esters is 1. The predicted molar refractivity (Wildman–Crippen MR) is 53.2 cm³/mol. The maximum atomic E-state index is 11.7. The van der Waals surface area contributed by atoms with Crippen molar-refractivity contribution in [3.05, 3.63) is 0 Å². The lowest BCUT2D eigenvalue weighted by Crippen LogP contribution is -2.32. The lowest BCUT2D eigenvalue weighted by Gasteiger charge is -2.14. The van der Waals surface area contributed by atoms with Crippen molar-refractivity contribution in [2.45, 2.75) is 33.6 Å². The Hall–Kier alpha value is -1.19. The number of rotatable bonds is 3. The first-order valence-corrected chi connectivity index (χ1v) is 5.15. The first-order chi connectivity index (χ1) is 6.90. The van der Waals surface area contributed by atoms with Crippen molar-refractivity contribution in [3.63, 3.8) is 0 Å². The molecule has 0 aliphatic heterocycles. The van der Waals surface area contributed by atoms with Crippen LogP contribution in [-0.4, -0.2) is 24.1 Å². The standard InChI is InChI=1S/C11H16O4/c1-4-15-10(14)8(12)7-5-6-11(2,3)9(7)13/h7H,4-6H2,1-3H3. The minimum atomic E-state index is -0.881. The van der Waals surface area contributed by atoms with Gasteiger partial charge in [0.15, 0.2) is 0 Å². The summed E-state index contributed by atoms with van der Waals surface area (Å²) in [6, 6.07) is 0. The minimum Gasteiger partial charge on any atom is -0.460 e. The van der Waals surface area contributed by atoms with Crippen molar-refractivity contribution in [3.8, 4) is 0 Å². The van der Waals surface area contributed by atoms with E-state index in [-0.39, 0.29) is 12.4 Å². The van der Waals surface area contributed by atoms with Gasteiger partial charge in [-0.15, -0.1) is 0 Å². The molecule has 0 aromatic carbocycles. The highest BCUT2D eigenvalue weighted by atomic mass is 16.5. The van der Waals surface area contributed by atoms with Crippen LogP contribution < -0.4 is 0 Å². The molecule has 1 rings (SSSR count). The molecule has 1 saturated carbocycles. The Morgan fingerprint density at radius 3 is 2.47 bits per heavy atom. The van der Waals surface area contributed by atoms with Crippen LogP contribution >= 0.6 is 0 Å². The van der Waals surface area contributed by atoms with Crippen molar-refractivity contribution in [2.75, 3.05) is 6.61 Å². The number of hydrogen-bond donors (Lipinski definition) is 0. The zero-order valence-corrected chi connectivity index (χ0v) is 9.33. The van der Waals surface area contributed by atoms with Crippen LogP contribution in [0, 0.1) is 11.3 Å². The third-order valence-corrected chi connectivity index (χ3v) is 2.83. The van der Waals surface area contributed by atoms with Crippen molar-refractivity contribution in [1.29, 1.82) is 0 Å². The molecule has 0 bridgehead atoms. The van der Waals surface area contributed by atoms with Gasteiger partial charge in [-0.25, -0.2) is 4.79 Å². The second-order valence-electron chi connectivity index (χ2n) is 4.42. The summed E-state index contributed by atoms with van der Waals surface area (Å²) in [5.41, 5.74) is -0.479. The van der Waals surface area contributed by atoms with Crippen LogP contribution in [0.25, 0.3) is 0 Å². The normalized spacial score (nSPS) is 23.9. The Labute approximate surface area is 89.0 Å². The summed E-state index contributed by atoms with van der Waals surface area (Å²) in [5, 5.41) is 0. The fourth-order valence-corrected chi connectivity index (χ4v) is 1.83. The Morgan fingerprint density at radius 1 is 1.47 bits per heavy atom. The number of carbonyl (C=O) groups is 3. The Morgan fingerprint density at radius 2 is 2.07 bits per heavy atom. The second-order valence-corrected chi connectivity index (χ2v) is 4.42. The van der Waals surface area contributed by atoms with E-state index in [1.807, 2.05) is 0 Å². The van der Waals surface area contributed by atoms with Gasteiger partial charge in [-0.1, -0.05) is 13.8 Å². The van der Waals surface area contributed by atoms with Gasteiger partial charge in [0.05, 0.1) is 12.5 Å². The van der Waals surface area contributed by atoms with E-state index in [0.717, 1.165) is 0 Å². The smallest absolute Gasteiger partial charge is 0.375 e. The molecule has 0 amide bonds. The summed E-state index contributed by atoms with van der Waals surface area (Å²) in [4.78, 5) is 34.4. The molecule has 0 heterocycles. The van der Waals surface area contributed by atoms with Crippen molar-refractivity contribution >= 4 is 17.5 Å². The van der Waals surface area contributed by atoms with E-state index in [9.17, 15) is 14.4 Å². The first-order valence-electron chi connectivity index (χ1n) is 5.15. The Bertz CT molecular complexity index is 304. The van der Waals surface area contributed by atoms with Gasteiger partial charge >= 0.3 is 5.97 Å². The molecule has 0 saturated heterocycles. The van der Waals surface area contributed by atoms with E-state index in [4.69, 9.17) is 0 Å². The topological polar surface area (TPSA) is 60.4 Å². The van der Waals surface area contributed by atoms with E-state index < -0.39 is 23.1 Å². The Kier molecular flexibility index (Phi) is 3.27. The fourth-order valence-electron chi connectivity index (χ4n) is 1.83. The summed E-state index contributed by atoms with van der Waals surface area (Å²) < 4.78 is 4.59. The highest BCUT2D eigenvalue weighted by molar-refractivity contribution is 6.38. The molecule has 1 aliphatic carbocycles. The molecule has 0 aromatic rings. The van der Waals surface area contributed by atoms with Crippen molar-refractivity contribution < 1.29 is 19.1 Å². The molecule has 84 valence electrons. The molecular formula is C11H16O4. The molecule has 1 unspecified atom stereocenters. The lowest BCUT2D eigenvalue weighted by molar-refractivity contribution is -0.156. The van der Waals surface area contributed by atoms with E-state index in [2.05, 4.69) is 4.74 Å². The molecule has 1 aliphatic rings. The van der Waals surface area contributed by atoms with Gasteiger partial charge in [-0.3, -0.25) is 9.59 Å². The quantitative estimate of drug-likeness (QED) is 0.399. The van der Waals surface area contributed by atoms with Crippen LogP contribution in [0.15, 0.2) is 0 Å². The molecule has 1 fully saturated rings. The van der Waals surface area contributed by atoms with Crippen LogP contribution in [0.4, 0.5) is 0 Å². The van der Waals surface area contributed by atoms with E-state index in [1.54, 1.807) is 20.8 Å². The largest absolute Gasteiger partial charge is 0.460 e. The second kappa shape index (κ2) is 4.13. The molecule has 1 atom stereocenters. The van der Waals surface area contributed by atoms with Crippen LogP contribution in [0.2, 0.25) is 0 Å². The summed E-state index contributed by atoms with van der Waals surface area (Å²) in [7, 11) is 0. The molecule has 4 nitrogen and oxygen atoms in total. The number of hydrogen-bond acceptors (Lipinski definition) is 4. The molecule has 0 N–H and O–H groups in total. The summed E-state index contributed by atoms with van der Waals surface area (Å²) in [6.07, 6.45) is 1.12. The zero-order chi connectivity index (χ0) is 11.6. The molecule has 0 spiro atoms. The first kappa shape index (κ1) is 11.9. The molecule has 0 radical (unpaired) electrons. The van der Waals surface area contributed by atoms with Crippen LogP contribution in [0.1, 0.15) is 33.6 Å². The van der Waals surface area contributed by atoms with Gasteiger partial charge in [0.25, 0.3) is 0 Å². The Balaban J connectivity index is 2.71. The minimum absolute atomic E-state index is 0.138.